The summed E-state index contributed by atoms with van der Waals surface area (Å²) in [5.41, 5.74) is 1.02. The third-order valence-corrected chi connectivity index (χ3v) is 3.64. The summed E-state index contributed by atoms with van der Waals surface area (Å²) in [6.45, 7) is 1.83. The third kappa shape index (κ3) is 2.90. The standard InChI is InChI=1S/C18H15F2N3O/c1-2-12-11-21-23(18(24)22-13-7-4-3-5-8-13)17(12)16-14(19)9-6-10-15(16)20/h3-11H,2H2,1H3,(H,22,24). The maximum Gasteiger partial charge on any atom is 0.347 e. The Morgan fingerprint density at radius 2 is 1.75 bits per heavy atom. The summed E-state index contributed by atoms with van der Waals surface area (Å²) >= 11 is 0. The number of amides is 1. The molecule has 1 heterocycles. The molecule has 0 saturated carbocycles. The highest BCUT2D eigenvalue weighted by Crippen LogP contribution is 2.29. The number of para-hydroxylation sites is 1. The zero-order valence-electron chi connectivity index (χ0n) is 13.0. The lowest BCUT2D eigenvalue weighted by Gasteiger charge is -2.11. The molecule has 0 spiro atoms. The van der Waals surface area contributed by atoms with Gasteiger partial charge in [-0.25, -0.2) is 13.6 Å². The maximum atomic E-state index is 14.2. The number of halogens is 2. The van der Waals surface area contributed by atoms with Crippen molar-refractivity contribution in [2.45, 2.75) is 13.3 Å². The predicted molar refractivity (Wildman–Crippen MR) is 87.8 cm³/mol. The van der Waals surface area contributed by atoms with Crippen LogP contribution in [0.25, 0.3) is 11.3 Å². The zero-order valence-corrected chi connectivity index (χ0v) is 13.0. The molecule has 0 aliphatic rings. The fourth-order valence-electron chi connectivity index (χ4n) is 2.48. The summed E-state index contributed by atoms with van der Waals surface area (Å²) in [7, 11) is 0. The number of anilines is 1. The van der Waals surface area contributed by atoms with Gasteiger partial charge in [-0.05, 0) is 36.2 Å². The molecule has 0 bridgehead atoms. The number of aryl methyl sites for hydroxylation is 1. The number of rotatable bonds is 3. The Kier molecular flexibility index (Phi) is 4.37. The van der Waals surface area contributed by atoms with Gasteiger partial charge in [0.25, 0.3) is 0 Å². The topological polar surface area (TPSA) is 46.9 Å². The van der Waals surface area contributed by atoms with E-state index in [9.17, 15) is 13.6 Å². The van der Waals surface area contributed by atoms with E-state index in [0.717, 1.165) is 16.8 Å². The van der Waals surface area contributed by atoms with Gasteiger partial charge in [-0.1, -0.05) is 31.2 Å². The molecule has 0 radical (unpaired) electrons. The normalized spacial score (nSPS) is 10.6. The van der Waals surface area contributed by atoms with E-state index in [1.807, 2.05) is 13.0 Å². The average molecular weight is 327 g/mol. The van der Waals surface area contributed by atoms with E-state index in [1.165, 1.54) is 12.3 Å². The molecule has 3 aromatic rings. The van der Waals surface area contributed by atoms with Crippen molar-refractivity contribution >= 4 is 11.7 Å². The third-order valence-electron chi connectivity index (χ3n) is 3.64. The molecule has 24 heavy (non-hydrogen) atoms. The Morgan fingerprint density at radius 3 is 2.38 bits per heavy atom. The summed E-state index contributed by atoms with van der Waals surface area (Å²) in [6, 6.07) is 11.8. The van der Waals surface area contributed by atoms with E-state index in [4.69, 9.17) is 0 Å². The van der Waals surface area contributed by atoms with Gasteiger partial charge < -0.3 is 5.32 Å². The van der Waals surface area contributed by atoms with E-state index < -0.39 is 17.7 Å². The summed E-state index contributed by atoms with van der Waals surface area (Å²) < 4.78 is 29.4. The number of benzene rings is 2. The minimum atomic E-state index is -0.737. The van der Waals surface area contributed by atoms with Crippen molar-refractivity contribution in [1.82, 2.24) is 9.78 Å². The number of nitrogens with zero attached hydrogens (tertiary/aromatic N) is 2. The number of carbonyl (C=O) groups excluding carboxylic acids is 1. The van der Waals surface area contributed by atoms with Crippen LogP contribution in [0.3, 0.4) is 0 Å². The predicted octanol–water partition coefficient (Wildman–Crippen LogP) is 4.47. The Labute approximate surface area is 137 Å². The van der Waals surface area contributed by atoms with Gasteiger partial charge in [-0.15, -0.1) is 0 Å². The molecule has 122 valence electrons. The molecule has 4 nitrogen and oxygen atoms in total. The van der Waals surface area contributed by atoms with Crippen LogP contribution in [0.4, 0.5) is 19.3 Å². The van der Waals surface area contributed by atoms with Crippen molar-refractivity contribution < 1.29 is 13.6 Å². The molecule has 3 rings (SSSR count). The highest BCUT2D eigenvalue weighted by molar-refractivity contribution is 5.93. The van der Waals surface area contributed by atoms with Crippen LogP contribution in [0.5, 0.6) is 0 Å². The molecule has 0 atom stereocenters. The Morgan fingerprint density at radius 1 is 1.08 bits per heavy atom. The van der Waals surface area contributed by atoms with Crippen molar-refractivity contribution in [2.24, 2.45) is 0 Å². The molecule has 0 saturated heterocycles. The fourth-order valence-corrected chi connectivity index (χ4v) is 2.48. The van der Waals surface area contributed by atoms with Gasteiger partial charge in [0.05, 0.1) is 17.5 Å². The minimum Gasteiger partial charge on any atom is -0.306 e. The first-order valence-electron chi connectivity index (χ1n) is 7.49. The van der Waals surface area contributed by atoms with Gasteiger partial charge in [0.15, 0.2) is 0 Å². The van der Waals surface area contributed by atoms with E-state index in [0.29, 0.717) is 17.7 Å². The van der Waals surface area contributed by atoms with Crippen molar-refractivity contribution in [2.75, 3.05) is 5.32 Å². The molecule has 1 N–H and O–H groups in total. The van der Waals surface area contributed by atoms with E-state index in [2.05, 4.69) is 10.4 Å². The molecule has 1 aromatic heterocycles. The quantitative estimate of drug-likeness (QED) is 0.771. The van der Waals surface area contributed by atoms with Crippen molar-refractivity contribution in [3.8, 4) is 11.3 Å². The fraction of sp³-hybridized carbons (Fsp3) is 0.111. The lowest BCUT2D eigenvalue weighted by Crippen LogP contribution is -2.22. The number of hydrogen-bond donors (Lipinski definition) is 1. The van der Waals surface area contributed by atoms with Crippen LogP contribution in [-0.4, -0.2) is 15.8 Å². The molecule has 0 fully saturated rings. The SMILES string of the molecule is CCc1cnn(C(=O)Nc2ccccc2)c1-c1c(F)cccc1F. The second-order valence-corrected chi connectivity index (χ2v) is 5.18. The van der Waals surface area contributed by atoms with Crippen molar-refractivity contribution in [3.05, 3.63) is 71.9 Å². The van der Waals surface area contributed by atoms with Crippen LogP contribution >= 0.6 is 0 Å². The monoisotopic (exact) mass is 327 g/mol. The summed E-state index contributed by atoms with van der Waals surface area (Å²) in [4.78, 5) is 12.5. The molecular weight excluding hydrogens is 312 g/mol. The van der Waals surface area contributed by atoms with Gasteiger partial charge >= 0.3 is 6.03 Å². The second kappa shape index (κ2) is 6.62. The number of hydrogen-bond acceptors (Lipinski definition) is 2. The number of nitrogens with one attached hydrogen (secondary N) is 1. The first kappa shape index (κ1) is 15.9. The van der Waals surface area contributed by atoms with Crippen LogP contribution in [-0.2, 0) is 6.42 Å². The maximum absolute atomic E-state index is 14.2. The van der Waals surface area contributed by atoms with E-state index >= 15 is 0 Å². The van der Waals surface area contributed by atoms with Gasteiger partial charge in [0.1, 0.15) is 11.6 Å². The van der Waals surface area contributed by atoms with Gasteiger partial charge in [-0.2, -0.15) is 9.78 Å². The molecule has 0 aliphatic carbocycles. The van der Waals surface area contributed by atoms with Crippen molar-refractivity contribution in [3.63, 3.8) is 0 Å². The minimum absolute atomic E-state index is 0.126. The molecule has 0 unspecified atom stereocenters. The molecule has 2 aromatic carbocycles. The number of aromatic nitrogens is 2. The largest absolute Gasteiger partial charge is 0.347 e. The zero-order chi connectivity index (χ0) is 17.1. The van der Waals surface area contributed by atoms with Gasteiger partial charge in [0.2, 0.25) is 0 Å². The average Bonchev–Trinajstić information content (AvgIpc) is 2.99. The van der Waals surface area contributed by atoms with Crippen LogP contribution in [0.1, 0.15) is 12.5 Å². The van der Waals surface area contributed by atoms with Crippen LogP contribution < -0.4 is 5.32 Å². The molecule has 0 aliphatic heterocycles. The Bertz CT molecular complexity index is 855. The number of carbonyl (C=O) groups is 1. The first-order valence-corrected chi connectivity index (χ1v) is 7.49. The summed E-state index contributed by atoms with van der Waals surface area (Å²) in [5.74, 6) is -1.47. The Hall–Kier alpha value is -3.02. The summed E-state index contributed by atoms with van der Waals surface area (Å²) in [5, 5.41) is 6.67. The van der Waals surface area contributed by atoms with Crippen LogP contribution in [0.2, 0.25) is 0 Å². The van der Waals surface area contributed by atoms with Gasteiger partial charge in [-0.3, -0.25) is 0 Å². The molecular formula is C18H15F2N3O. The molecule has 1 amide bonds. The van der Waals surface area contributed by atoms with Crippen LogP contribution in [0.15, 0.2) is 54.7 Å². The smallest absolute Gasteiger partial charge is 0.306 e. The van der Waals surface area contributed by atoms with E-state index in [1.54, 1.807) is 24.3 Å². The van der Waals surface area contributed by atoms with E-state index in [-0.39, 0.29) is 11.3 Å². The lowest BCUT2D eigenvalue weighted by molar-refractivity contribution is 0.251. The highest BCUT2D eigenvalue weighted by atomic mass is 19.1. The van der Waals surface area contributed by atoms with Crippen molar-refractivity contribution in [1.29, 1.82) is 0 Å². The second-order valence-electron chi connectivity index (χ2n) is 5.18. The summed E-state index contributed by atoms with van der Waals surface area (Å²) in [6.07, 6.45) is 1.94. The van der Waals surface area contributed by atoms with Crippen LogP contribution in [0, 0.1) is 11.6 Å². The first-order chi connectivity index (χ1) is 11.6. The highest BCUT2D eigenvalue weighted by Gasteiger charge is 2.22. The molecule has 6 heteroatoms. The van der Waals surface area contributed by atoms with Gasteiger partial charge in [0, 0.05) is 5.69 Å². The Balaban J connectivity index is 2.07. The lowest BCUT2D eigenvalue weighted by atomic mass is 10.1.